The summed E-state index contributed by atoms with van der Waals surface area (Å²) in [6.07, 6.45) is 4.24. The number of nitrogens with zero attached hydrogens (tertiary/aromatic N) is 1. The van der Waals surface area contributed by atoms with Gasteiger partial charge in [-0.1, -0.05) is 19.4 Å². The Kier molecular flexibility index (Phi) is 13.4. The van der Waals surface area contributed by atoms with Crippen LogP contribution in [0.15, 0.2) is 22.5 Å². The fourth-order valence-corrected chi connectivity index (χ4v) is 2.25. The van der Waals surface area contributed by atoms with Crippen molar-refractivity contribution in [3.05, 3.63) is 22.4 Å². The highest BCUT2D eigenvalue weighted by Gasteiger charge is 1.95. The van der Waals surface area contributed by atoms with E-state index in [1.165, 1.54) is 11.3 Å². The van der Waals surface area contributed by atoms with Gasteiger partial charge in [0.15, 0.2) is 5.96 Å². The van der Waals surface area contributed by atoms with Crippen LogP contribution >= 0.6 is 35.3 Å². The molecule has 1 rings (SSSR count). The third kappa shape index (κ3) is 10.4. The Morgan fingerprint density at radius 3 is 2.90 bits per heavy atom. The summed E-state index contributed by atoms with van der Waals surface area (Å²) in [5.74, 6) is 0.533. The highest BCUT2D eigenvalue weighted by molar-refractivity contribution is 14.0. The van der Waals surface area contributed by atoms with Crippen LogP contribution in [-0.4, -0.2) is 32.3 Å². The number of halogens is 1. The molecule has 0 unspecified atom stereocenters. The Hall–Kier alpha value is -0.340. The molecular formula is C14H26IN3OS. The molecule has 20 heavy (non-hydrogen) atoms. The molecule has 1 heterocycles. The Bertz CT molecular complexity index is 344. The van der Waals surface area contributed by atoms with E-state index in [4.69, 9.17) is 10.5 Å². The van der Waals surface area contributed by atoms with Gasteiger partial charge in [0.25, 0.3) is 0 Å². The monoisotopic (exact) mass is 411 g/mol. The molecule has 3 N–H and O–H groups in total. The summed E-state index contributed by atoms with van der Waals surface area (Å²) in [5.41, 5.74) is 5.78. The van der Waals surface area contributed by atoms with Gasteiger partial charge in [0.2, 0.25) is 0 Å². The second-order valence-corrected chi connectivity index (χ2v) is 5.37. The summed E-state index contributed by atoms with van der Waals surface area (Å²) in [7, 11) is 0. The molecule has 0 aliphatic carbocycles. The molecule has 0 aliphatic heterocycles. The molecule has 0 aliphatic rings. The molecule has 0 fully saturated rings. The van der Waals surface area contributed by atoms with Crippen molar-refractivity contribution in [3.63, 3.8) is 0 Å². The maximum atomic E-state index is 5.78. The first kappa shape index (κ1) is 19.7. The van der Waals surface area contributed by atoms with E-state index in [2.05, 4.69) is 34.7 Å². The van der Waals surface area contributed by atoms with E-state index < -0.39 is 0 Å². The topological polar surface area (TPSA) is 59.6 Å². The number of hydrogen-bond donors (Lipinski definition) is 2. The van der Waals surface area contributed by atoms with Gasteiger partial charge in [0.05, 0.1) is 0 Å². The smallest absolute Gasteiger partial charge is 0.188 e. The summed E-state index contributed by atoms with van der Waals surface area (Å²) in [5, 5.41) is 5.21. The van der Waals surface area contributed by atoms with Gasteiger partial charge < -0.3 is 15.8 Å². The Morgan fingerprint density at radius 1 is 1.40 bits per heavy atom. The quantitative estimate of drug-likeness (QED) is 0.269. The number of nitrogens with one attached hydrogen (secondary N) is 1. The number of unbranched alkanes of at least 4 members (excludes halogenated alkanes) is 1. The minimum absolute atomic E-state index is 0. The van der Waals surface area contributed by atoms with E-state index in [-0.39, 0.29) is 24.0 Å². The van der Waals surface area contributed by atoms with Crippen molar-refractivity contribution in [2.75, 3.05) is 26.3 Å². The summed E-state index contributed by atoms with van der Waals surface area (Å²) >= 11 is 1.77. The van der Waals surface area contributed by atoms with Gasteiger partial charge in [-0.15, -0.1) is 35.3 Å². The fraction of sp³-hybridized carbons (Fsp3) is 0.643. The summed E-state index contributed by atoms with van der Waals surface area (Å²) in [4.78, 5) is 5.63. The SMILES string of the molecule is CCCCOCCCN=C(N)NCCc1cccs1.I. The van der Waals surface area contributed by atoms with E-state index in [1.54, 1.807) is 11.3 Å². The lowest BCUT2D eigenvalue weighted by Crippen LogP contribution is -2.33. The number of aliphatic imine (C=N–C) groups is 1. The molecule has 0 saturated carbocycles. The number of guanidine groups is 1. The van der Waals surface area contributed by atoms with Gasteiger partial charge in [-0.3, -0.25) is 4.99 Å². The first-order valence-electron chi connectivity index (χ1n) is 6.97. The standard InChI is InChI=1S/C14H25N3OS.HI/c1-2-3-10-18-11-5-8-16-14(15)17-9-7-13-6-4-12-19-13;/h4,6,12H,2-3,5,7-11H2,1H3,(H3,15,16,17);1H. The minimum atomic E-state index is 0. The lowest BCUT2D eigenvalue weighted by Gasteiger charge is -2.05. The third-order valence-electron chi connectivity index (χ3n) is 2.63. The highest BCUT2D eigenvalue weighted by atomic mass is 127. The molecule has 0 atom stereocenters. The third-order valence-corrected chi connectivity index (χ3v) is 3.56. The molecule has 0 spiro atoms. The number of hydrogen-bond acceptors (Lipinski definition) is 3. The highest BCUT2D eigenvalue weighted by Crippen LogP contribution is 2.07. The van der Waals surface area contributed by atoms with Gasteiger partial charge in [-0.2, -0.15) is 0 Å². The Balaban J connectivity index is 0.00000361. The van der Waals surface area contributed by atoms with Crippen molar-refractivity contribution in [1.29, 1.82) is 0 Å². The van der Waals surface area contributed by atoms with Crippen molar-refractivity contribution >= 4 is 41.3 Å². The van der Waals surface area contributed by atoms with Gasteiger partial charge in [-0.05, 0) is 30.7 Å². The van der Waals surface area contributed by atoms with E-state index in [0.29, 0.717) is 5.96 Å². The summed E-state index contributed by atoms with van der Waals surface area (Å²) < 4.78 is 5.46. The lowest BCUT2D eigenvalue weighted by molar-refractivity contribution is 0.130. The molecule has 0 saturated heterocycles. The first-order chi connectivity index (χ1) is 9.33. The zero-order valence-electron chi connectivity index (χ0n) is 12.1. The predicted octanol–water partition coefficient (Wildman–Crippen LogP) is 3.02. The van der Waals surface area contributed by atoms with E-state index in [0.717, 1.165) is 45.6 Å². The van der Waals surface area contributed by atoms with Crippen LogP contribution in [0.1, 0.15) is 31.1 Å². The zero-order valence-corrected chi connectivity index (χ0v) is 15.3. The molecule has 0 amide bonds. The largest absolute Gasteiger partial charge is 0.381 e. The van der Waals surface area contributed by atoms with Crippen LogP contribution in [0.4, 0.5) is 0 Å². The number of nitrogens with two attached hydrogens (primary N) is 1. The summed E-state index contributed by atoms with van der Waals surface area (Å²) in [6.45, 7) is 5.35. The van der Waals surface area contributed by atoms with Crippen molar-refractivity contribution in [3.8, 4) is 0 Å². The van der Waals surface area contributed by atoms with Crippen molar-refractivity contribution in [1.82, 2.24) is 5.32 Å². The van der Waals surface area contributed by atoms with Crippen LogP contribution in [0.2, 0.25) is 0 Å². The number of rotatable bonds is 10. The van der Waals surface area contributed by atoms with E-state index in [1.807, 2.05) is 0 Å². The molecule has 0 bridgehead atoms. The van der Waals surface area contributed by atoms with E-state index in [9.17, 15) is 0 Å². The molecule has 4 nitrogen and oxygen atoms in total. The van der Waals surface area contributed by atoms with Crippen LogP contribution in [0, 0.1) is 0 Å². The maximum absolute atomic E-state index is 5.78. The van der Waals surface area contributed by atoms with Crippen LogP contribution < -0.4 is 11.1 Å². The van der Waals surface area contributed by atoms with Crippen LogP contribution in [-0.2, 0) is 11.2 Å². The molecule has 6 heteroatoms. The predicted molar refractivity (Wildman–Crippen MR) is 98.3 cm³/mol. The van der Waals surface area contributed by atoms with E-state index >= 15 is 0 Å². The van der Waals surface area contributed by atoms with Crippen molar-refractivity contribution < 1.29 is 4.74 Å². The number of thiophene rings is 1. The number of ether oxygens (including phenoxy) is 1. The van der Waals surface area contributed by atoms with Gasteiger partial charge in [-0.25, -0.2) is 0 Å². The fourth-order valence-electron chi connectivity index (χ4n) is 1.54. The van der Waals surface area contributed by atoms with Gasteiger partial charge in [0, 0.05) is 31.2 Å². The molecular weight excluding hydrogens is 385 g/mol. The normalized spacial score (nSPS) is 11.2. The summed E-state index contributed by atoms with van der Waals surface area (Å²) in [6, 6.07) is 4.20. The molecule has 0 radical (unpaired) electrons. The second-order valence-electron chi connectivity index (χ2n) is 4.34. The van der Waals surface area contributed by atoms with Crippen LogP contribution in [0.25, 0.3) is 0 Å². The Labute approximate surface area is 143 Å². The lowest BCUT2D eigenvalue weighted by atomic mass is 10.3. The second kappa shape index (κ2) is 13.6. The molecule has 116 valence electrons. The Morgan fingerprint density at radius 2 is 2.20 bits per heavy atom. The van der Waals surface area contributed by atoms with Crippen LogP contribution in [0.5, 0.6) is 0 Å². The molecule has 1 aromatic rings. The van der Waals surface area contributed by atoms with Crippen LogP contribution in [0.3, 0.4) is 0 Å². The van der Waals surface area contributed by atoms with Crippen molar-refractivity contribution in [2.45, 2.75) is 32.6 Å². The molecule has 1 aromatic heterocycles. The van der Waals surface area contributed by atoms with Crippen molar-refractivity contribution in [2.24, 2.45) is 10.7 Å². The molecule has 0 aromatic carbocycles. The maximum Gasteiger partial charge on any atom is 0.188 e. The van der Waals surface area contributed by atoms with Gasteiger partial charge in [0.1, 0.15) is 0 Å². The van der Waals surface area contributed by atoms with Gasteiger partial charge >= 0.3 is 0 Å². The average molecular weight is 411 g/mol. The average Bonchev–Trinajstić information content (AvgIpc) is 2.91. The first-order valence-corrected chi connectivity index (χ1v) is 7.84. The zero-order chi connectivity index (χ0) is 13.8. The minimum Gasteiger partial charge on any atom is -0.381 e.